The molecule has 2 aromatic carbocycles. The number of rotatable bonds is 10. The van der Waals surface area contributed by atoms with Crippen molar-refractivity contribution in [1.29, 1.82) is 0 Å². The fourth-order valence-corrected chi connectivity index (χ4v) is 4.14. The van der Waals surface area contributed by atoms with Crippen LogP contribution in [0.4, 0.5) is 5.82 Å². The number of halogens is 1. The second-order valence-corrected chi connectivity index (χ2v) is 8.38. The number of nitrogens with zero attached hydrogens (tertiary/aromatic N) is 1. The predicted molar refractivity (Wildman–Crippen MR) is 130 cm³/mol. The highest BCUT2D eigenvalue weighted by Crippen LogP contribution is 2.28. The molecule has 0 bridgehead atoms. The summed E-state index contributed by atoms with van der Waals surface area (Å²) in [5.41, 5.74) is 12.8. The first-order valence-corrected chi connectivity index (χ1v) is 11.0. The lowest BCUT2D eigenvalue weighted by atomic mass is 9.74. The Labute approximate surface area is 198 Å². The summed E-state index contributed by atoms with van der Waals surface area (Å²) in [6.45, 7) is 0.238. The maximum Gasteiger partial charge on any atom is 0.238 e. The van der Waals surface area contributed by atoms with E-state index in [-0.39, 0.29) is 25.3 Å². The number of carbonyl (C=O) groups excluding carboxylic acids is 2. The summed E-state index contributed by atoms with van der Waals surface area (Å²) in [5.74, 6) is -1.32. The van der Waals surface area contributed by atoms with Crippen LogP contribution in [0.1, 0.15) is 16.7 Å². The van der Waals surface area contributed by atoms with Gasteiger partial charge in [-0.05, 0) is 48.4 Å². The van der Waals surface area contributed by atoms with Crippen LogP contribution >= 0.6 is 11.6 Å². The van der Waals surface area contributed by atoms with Crippen LogP contribution in [0.3, 0.4) is 0 Å². The molecule has 2 amide bonds. The number of anilines is 1. The second-order valence-electron chi connectivity index (χ2n) is 7.94. The number of primary amides is 1. The topological polar surface area (TPSA) is 123 Å². The van der Waals surface area contributed by atoms with Crippen molar-refractivity contribution in [2.75, 3.05) is 12.8 Å². The van der Waals surface area contributed by atoms with Gasteiger partial charge in [-0.3, -0.25) is 9.59 Å². The molecule has 33 heavy (non-hydrogen) atoms. The Morgan fingerprint density at radius 3 is 2.36 bits per heavy atom. The maximum atomic E-state index is 13.5. The first kappa shape index (κ1) is 24.2. The van der Waals surface area contributed by atoms with Crippen molar-refractivity contribution >= 4 is 29.2 Å². The van der Waals surface area contributed by atoms with E-state index in [0.29, 0.717) is 10.8 Å². The molecule has 7 nitrogen and oxygen atoms in total. The van der Waals surface area contributed by atoms with E-state index in [1.165, 1.54) is 0 Å². The van der Waals surface area contributed by atoms with Gasteiger partial charge in [0, 0.05) is 24.2 Å². The summed E-state index contributed by atoms with van der Waals surface area (Å²) in [7, 11) is 1.65. The normalized spacial score (nSPS) is 13.6. The van der Waals surface area contributed by atoms with Crippen LogP contribution in [0.15, 0.2) is 72.9 Å². The predicted octanol–water partition coefficient (Wildman–Crippen LogP) is 2.48. The van der Waals surface area contributed by atoms with Gasteiger partial charge < -0.3 is 22.1 Å². The summed E-state index contributed by atoms with van der Waals surface area (Å²) >= 11 is 6.18. The zero-order valence-corrected chi connectivity index (χ0v) is 19.2. The molecule has 0 fully saturated rings. The molecule has 1 heterocycles. The van der Waals surface area contributed by atoms with Crippen molar-refractivity contribution in [3.8, 4) is 0 Å². The molecule has 2 atom stereocenters. The van der Waals surface area contributed by atoms with E-state index in [9.17, 15) is 9.59 Å². The van der Waals surface area contributed by atoms with Crippen LogP contribution in [0.5, 0.6) is 0 Å². The molecule has 0 spiro atoms. The molecule has 0 aliphatic carbocycles. The maximum absolute atomic E-state index is 13.5. The minimum Gasteiger partial charge on any atom is -0.384 e. The van der Waals surface area contributed by atoms with Gasteiger partial charge in [-0.1, -0.05) is 60.1 Å². The number of carbonyl (C=O) groups is 2. The minimum absolute atomic E-state index is 0.238. The summed E-state index contributed by atoms with van der Waals surface area (Å²) < 4.78 is 0. The quantitative estimate of drug-likeness (QED) is 0.366. The molecule has 0 aliphatic rings. The van der Waals surface area contributed by atoms with Gasteiger partial charge in [-0.25, -0.2) is 4.98 Å². The first-order chi connectivity index (χ1) is 15.8. The second kappa shape index (κ2) is 10.9. The Bertz CT molecular complexity index is 1090. The number of nitrogens with two attached hydrogens (primary N) is 2. The van der Waals surface area contributed by atoms with E-state index in [0.717, 1.165) is 16.7 Å². The van der Waals surface area contributed by atoms with Crippen LogP contribution in [0, 0.1) is 5.92 Å². The zero-order valence-electron chi connectivity index (χ0n) is 18.4. The molecule has 1 unspecified atom stereocenters. The number of amides is 2. The average molecular weight is 466 g/mol. The summed E-state index contributed by atoms with van der Waals surface area (Å²) in [6, 6.07) is 20.2. The van der Waals surface area contributed by atoms with Crippen molar-refractivity contribution in [2.24, 2.45) is 11.7 Å². The highest BCUT2D eigenvalue weighted by atomic mass is 35.5. The lowest BCUT2D eigenvalue weighted by molar-refractivity contribution is -0.136. The van der Waals surface area contributed by atoms with Crippen molar-refractivity contribution in [2.45, 2.75) is 24.9 Å². The summed E-state index contributed by atoms with van der Waals surface area (Å²) in [4.78, 5) is 30.5. The van der Waals surface area contributed by atoms with Gasteiger partial charge in [0.25, 0.3) is 0 Å². The Morgan fingerprint density at radius 1 is 1.03 bits per heavy atom. The third kappa shape index (κ3) is 6.09. The van der Waals surface area contributed by atoms with E-state index in [1.54, 1.807) is 37.5 Å². The van der Waals surface area contributed by atoms with E-state index in [2.05, 4.69) is 15.6 Å². The van der Waals surface area contributed by atoms with Crippen LogP contribution in [0.2, 0.25) is 5.02 Å². The largest absolute Gasteiger partial charge is 0.384 e. The molecule has 3 rings (SSSR count). The summed E-state index contributed by atoms with van der Waals surface area (Å²) in [5, 5.41) is 6.57. The molecule has 0 aliphatic heterocycles. The number of hydrogen-bond donors (Lipinski definition) is 4. The molecular weight excluding hydrogens is 438 g/mol. The van der Waals surface area contributed by atoms with Gasteiger partial charge >= 0.3 is 0 Å². The molecule has 0 saturated heterocycles. The van der Waals surface area contributed by atoms with Gasteiger partial charge in [-0.2, -0.15) is 0 Å². The van der Waals surface area contributed by atoms with E-state index in [4.69, 9.17) is 23.1 Å². The van der Waals surface area contributed by atoms with Crippen molar-refractivity contribution in [3.63, 3.8) is 0 Å². The number of nitrogens with one attached hydrogen (secondary N) is 2. The Morgan fingerprint density at radius 2 is 1.76 bits per heavy atom. The number of nitrogen functional groups attached to an aromatic ring is 1. The minimum atomic E-state index is -1.33. The third-order valence-corrected chi connectivity index (χ3v) is 6.00. The van der Waals surface area contributed by atoms with Gasteiger partial charge in [-0.15, -0.1) is 0 Å². The molecule has 8 heteroatoms. The van der Waals surface area contributed by atoms with E-state index < -0.39 is 17.4 Å². The summed E-state index contributed by atoms with van der Waals surface area (Å²) in [6.07, 6.45) is 2.12. The van der Waals surface area contributed by atoms with Gasteiger partial charge in [0.2, 0.25) is 11.8 Å². The number of benzene rings is 2. The van der Waals surface area contributed by atoms with Crippen LogP contribution in [-0.4, -0.2) is 29.4 Å². The number of pyridine rings is 1. The number of aromatic nitrogens is 1. The van der Waals surface area contributed by atoms with Crippen molar-refractivity contribution in [3.05, 3.63) is 94.6 Å². The van der Waals surface area contributed by atoms with Crippen molar-refractivity contribution < 1.29 is 9.59 Å². The molecular formula is C25H28ClN5O2. The lowest BCUT2D eigenvalue weighted by Crippen LogP contribution is -2.64. The molecule has 3 aromatic rings. The monoisotopic (exact) mass is 465 g/mol. The zero-order chi connectivity index (χ0) is 23.8. The van der Waals surface area contributed by atoms with Crippen LogP contribution in [0.25, 0.3) is 0 Å². The third-order valence-electron chi connectivity index (χ3n) is 5.77. The highest BCUT2D eigenvalue weighted by Gasteiger charge is 2.47. The molecule has 0 radical (unpaired) electrons. The van der Waals surface area contributed by atoms with Gasteiger partial charge in [0.15, 0.2) is 0 Å². The Hall–Kier alpha value is -3.42. The van der Waals surface area contributed by atoms with E-state index in [1.807, 2.05) is 42.5 Å². The Kier molecular flexibility index (Phi) is 8.03. The molecule has 6 N–H and O–H groups in total. The van der Waals surface area contributed by atoms with Crippen molar-refractivity contribution in [1.82, 2.24) is 15.6 Å². The van der Waals surface area contributed by atoms with E-state index >= 15 is 0 Å². The van der Waals surface area contributed by atoms with Crippen LogP contribution < -0.4 is 22.1 Å². The fourth-order valence-electron chi connectivity index (χ4n) is 3.93. The fraction of sp³-hybridized carbons (Fsp3) is 0.240. The number of hydrogen-bond acceptors (Lipinski definition) is 5. The SMILES string of the molecule is CNC(Cc1ccccc1)(C(N)=O)[C@H](Cc1cccc(Cl)c1)C(=O)NCc1ccc(N)nc1. The Balaban J connectivity index is 1.95. The highest BCUT2D eigenvalue weighted by molar-refractivity contribution is 6.30. The standard InChI is InChI=1S/C25H28ClN5O2/c1-29-25(24(28)33,14-17-6-3-2-4-7-17)21(13-18-8-5-9-20(26)12-18)23(32)31-16-19-10-11-22(27)30-15-19/h2-12,15,21,29H,13-14,16H2,1H3,(H2,27,30)(H2,28,33)(H,31,32)/t21-,25?/m1/s1. The lowest BCUT2D eigenvalue weighted by Gasteiger charge is -2.37. The van der Waals surface area contributed by atoms with Gasteiger partial charge in [0.1, 0.15) is 11.4 Å². The van der Waals surface area contributed by atoms with Gasteiger partial charge in [0.05, 0.1) is 5.92 Å². The first-order valence-electron chi connectivity index (χ1n) is 10.6. The molecule has 0 saturated carbocycles. The number of likely N-dealkylation sites (N-methyl/N-ethyl adjacent to an activating group) is 1. The van der Waals surface area contributed by atoms with Crippen LogP contribution in [-0.2, 0) is 29.0 Å². The molecule has 1 aromatic heterocycles. The smallest absolute Gasteiger partial charge is 0.238 e. The molecule has 172 valence electrons. The average Bonchev–Trinajstić information content (AvgIpc) is 2.81.